The van der Waals surface area contributed by atoms with E-state index in [2.05, 4.69) is 9.72 Å². The first kappa shape index (κ1) is 24.4. The molecule has 1 heterocycles. The van der Waals surface area contributed by atoms with Crippen LogP contribution in [0.4, 0.5) is 13.2 Å². The molecular weight excluding hydrogens is 459 g/mol. The molecule has 11 heteroatoms. The van der Waals surface area contributed by atoms with E-state index in [-0.39, 0.29) is 18.5 Å². The number of nitrogens with zero attached hydrogens (tertiary/aromatic N) is 2. The van der Waals surface area contributed by atoms with Crippen molar-refractivity contribution < 1.29 is 32.2 Å². The third-order valence-corrected chi connectivity index (χ3v) is 5.81. The van der Waals surface area contributed by atoms with Crippen LogP contribution in [0, 0.1) is 5.41 Å². The average Bonchev–Trinajstić information content (AvgIpc) is 2.80. The quantitative estimate of drug-likeness (QED) is 0.294. The maximum Gasteiger partial charge on any atom is 0.416 e. The molecule has 1 N–H and O–H groups in total. The number of esters is 1. The van der Waals surface area contributed by atoms with Crippen molar-refractivity contribution in [1.29, 1.82) is 5.41 Å². The summed E-state index contributed by atoms with van der Waals surface area (Å²) in [5.74, 6) is 0.751. The van der Waals surface area contributed by atoms with Crippen molar-refractivity contribution in [2.75, 3.05) is 27.1 Å². The third kappa shape index (κ3) is 5.59. The van der Waals surface area contributed by atoms with Gasteiger partial charge in [0.15, 0.2) is 16.7 Å². The van der Waals surface area contributed by atoms with E-state index in [1.165, 1.54) is 43.7 Å². The highest BCUT2D eigenvalue weighted by Gasteiger charge is 2.30. The van der Waals surface area contributed by atoms with Crippen LogP contribution in [0.2, 0.25) is 0 Å². The van der Waals surface area contributed by atoms with E-state index < -0.39 is 17.7 Å². The second-order valence-electron chi connectivity index (χ2n) is 6.93. The number of benzene rings is 2. The first-order chi connectivity index (χ1) is 15.7. The van der Waals surface area contributed by atoms with Gasteiger partial charge < -0.3 is 18.8 Å². The Morgan fingerprint density at radius 1 is 1.12 bits per heavy atom. The minimum absolute atomic E-state index is 0.0133. The summed E-state index contributed by atoms with van der Waals surface area (Å²) < 4.78 is 56.3. The SMILES string of the molecule is COC(=O)CCSc1nc2cc(OC)c(OC)cc2c(=N)n1Cc1cccc(C(F)(F)F)c1. The minimum Gasteiger partial charge on any atom is -0.493 e. The fourth-order valence-corrected chi connectivity index (χ4v) is 4.09. The van der Waals surface area contributed by atoms with E-state index in [1.807, 2.05) is 0 Å². The van der Waals surface area contributed by atoms with Gasteiger partial charge in [0.05, 0.1) is 45.4 Å². The van der Waals surface area contributed by atoms with Gasteiger partial charge in [-0.05, 0) is 23.8 Å². The fraction of sp³-hybridized carbons (Fsp3) is 0.318. The number of rotatable bonds is 8. The summed E-state index contributed by atoms with van der Waals surface area (Å²) in [4.78, 5) is 16.1. The van der Waals surface area contributed by atoms with Crippen LogP contribution in [0.3, 0.4) is 0 Å². The van der Waals surface area contributed by atoms with Crippen molar-refractivity contribution in [3.05, 3.63) is 53.0 Å². The van der Waals surface area contributed by atoms with Crippen LogP contribution >= 0.6 is 11.8 Å². The molecule has 0 radical (unpaired) electrons. The molecule has 0 atom stereocenters. The first-order valence-corrected chi connectivity index (χ1v) is 10.7. The molecule has 0 unspecified atom stereocenters. The van der Waals surface area contributed by atoms with Gasteiger partial charge in [0.1, 0.15) is 5.49 Å². The molecule has 0 aliphatic carbocycles. The highest BCUT2D eigenvalue weighted by molar-refractivity contribution is 7.99. The summed E-state index contributed by atoms with van der Waals surface area (Å²) in [5.41, 5.74) is 0.0874. The average molecular weight is 481 g/mol. The van der Waals surface area contributed by atoms with E-state index in [0.29, 0.717) is 38.9 Å². The Bertz CT molecular complexity index is 1230. The van der Waals surface area contributed by atoms with Crippen LogP contribution in [0.25, 0.3) is 10.9 Å². The largest absolute Gasteiger partial charge is 0.493 e. The number of alkyl halides is 3. The van der Waals surface area contributed by atoms with Crippen LogP contribution in [0.5, 0.6) is 11.5 Å². The predicted molar refractivity (Wildman–Crippen MR) is 117 cm³/mol. The monoisotopic (exact) mass is 481 g/mol. The van der Waals surface area contributed by atoms with Crippen molar-refractivity contribution in [2.45, 2.75) is 24.3 Å². The van der Waals surface area contributed by atoms with Crippen molar-refractivity contribution >= 4 is 28.6 Å². The molecule has 0 saturated carbocycles. The van der Waals surface area contributed by atoms with Crippen LogP contribution in [0.15, 0.2) is 41.6 Å². The summed E-state index contributed by atoms with van der Waals surface area (Å²) in [6.45, 7) is -0.0133. The van der Waals surface area contributed by atoms with Gasteiger partial charge >= 0.3 is 12.1 Å². The van der Waals surface area contributed by atoms with E-state index in [4.69, 9.17) is 14.9 Å². The Morgan fingerprint density at radius 2 is 1.82 bits per heavy atom. The lowest BCUT2D eigenvalue weighted by molar-refractivity contribution is -0.140. The highest BCUT2D eigenvalue weighted by atomic mass is 32.2. The molecule has 33 heavy (non-hydrogen) atoms. The zero-order valence-electron chi connectivity index (χ0n) is 18.2. The van der Waals surface area contributed by atoms with Gasteiger partial charge in [-0.1, -0.05) is 23.9 Å². The zero-order chi connectivity index (χ0) is 24.2. The molecule has 0 spiro atoms. The summed E-state index contributed by atoms with van der Waals surface area (Å²) >= 11 is 1.21. The van der Waals surface area contributed by atoms with Gasteiger partial charge in [-0.15, -0.1) is 0 Å². The Labute approximate surface area is 192 Å². The predicted octanol–water partition coefficient (Wildman–Crippen LogP) is 4.26. The lowest BCUT2D eigenvalue weighted by Crippen LogP contribution is -2.24. The number of carbonyl (C=O) groups excluding carboxylic acids is 1. The molecule has 1 aromatic heterocycles. The number of nitrogens with one attached hydrogen (secondary N) is 1. The second-order valence-corrected chi connectivity index (χ2v) is 7.99. The topological polar surface area (TPSA) is 86.4 Å². The number of ether oxygens (including phenoxy) is 3. The molecule has 3 rings (SSSR count). The molecular formula is C22H22F3N3O4S. The summed E-state index contributed by atoms with van der Waals surface area (Å²) in [7, 11) is 4.24. The van der Waals surface area contributed by atoms with E-state index in [9.17, 15) is 18.0 Å². The van der Waals surface area contributed by atoms with Gasteiger partial charge in [-0.25, -0.2) is 4.98 Å². The smallest absolute Gasteiger partial charge is 0.416 e. The van der Waals surface area contributed by atoms with Crippen LogP contribution < -0.4 is 15.0 Å². The van der Waals surface area contributed by atoms with E-state index in [1.54, 1.807) is 18.2 Å². The maximum atomic E-state index is 13.2. The molecule has 0 bridgehead atoms. The summed E-state index contributed by atoms with van der Waals surface area (Å²) in [5, 5.41) is 9.58. The lowest BCUT2D eigenvalue weighted by atomic mass is 10.1. The molecule has 0 aliphatic heterocycles. The maximum absolute atomic E-state index is 13.2. The van der Waals surface area contributed by atoms with Crippen molar-refractivity contribution in [3.8, 4) is 11.5 Å². The molecule has 0 amide bonds. The van der Waals surface area contributed by atoms with E-state index in [0.717, 1.165) is 12.1 Å². The van der Waals surface area contributed by atoms with Gasteiger partial charge in [-0.2, -0.15) is 13.2 Å². The summed E-state index contributed by atoms with van der Waals surface area (Å²) in [6.07, 6.45) is -4.36. The van der Waals surface area contributed by atoms with E-state index >= 15 is 0 Å². The standard InChI is InChI=1S/C22H22F3N3O4S/c1-30-17-10-15-16(11-18(17)31-2)27-21(33-8-7-19(29)32-3)28(20(15)26)12-13-5-4-6-14(9-13)22(23,24)25/h4-6,9-11,26H,7-8,12H2,1-3H3. The number of halogens is 3. The van der Waals surface area contributed by atoms with Crippen LogP contribution in [-0.4, -0.2) is 42.6 Å². The number of carbonyl (C=O) groups is 1. The molecule has 176 valence electrons. The van der Waals surface area contributed by atoms with Gasteiger partial charge in [0.2, 0.25) is 0 Å². The molecule has 0 fully saturated rings. The normalized spacial score (nSPS) is 11.5. The molecule has 7 nitrogen and oxygen atoms in total. The number of hydrogen-bond donors (Lipinski definition) is 1. The second kappa shape index (κ2) is 10.2. The number of hydrogen-bond acceptors (Lipinski definition) is 7. The van der Waals surface area contributed by atoms with Gasteiger partial charge in [-0.3, -0.25) is 10.2 Å². The Kier molecular flexibility index (Phi) is 7.52. The number of aromatic nitrogens is 2. The fourth-order valence-electron chi connectivity index (χ4n) is 3.17. The number of thioether (sulfide) groups is 1. The first-order valence-electron chi connectivity index (χ1n) is 9.74. The number of fused-ring (bicyclic) bond motifs is 1. The molecule has 2 aromatic carbocycles. The van der Waals surface area contributed by atoms with Gasteiger partial charge in [0.25, 0.3) is 0 Å². The van der Waals surface area contributed by atoms with Crippen LogP contribution in [-0.2, 0) is 22.3 Å². The molecule has 0 saturated heterocycles. The van der Waals surface area contributed by atoms with Crippen molar-refractivity contribution in [2.24, 2.45) is 0 Å². The van der Waals surface area contributed by atoms with Gasteiger partial charge in [0, 0.05) is 17.2 Å². The number of methoxy groups -OCH3 is 3. The Balaban J connectivity index is 2.11. The zero-order valence-corrected chi connectivity index (χ0v) is 19.0. The lowest BCUT2D eigenvalue weighted by Gasteiger charge is -2.17. The Hall–Kier alpha value is -3.21. The Morgan fingerprint density at radius 3 is 2.45 bits per heavy atom. The minimum atomic E-state index is -4.48. The molecule has 0 aliphatic rings. The van der Waals surface area contributed by atoms with Crippen LogP contribution in [0.1, 0.15) is 17.5 Å². The van der Waals surface area contributed by atoms with Crippen molar-refractivity contribution in [1.82, 2.24) is 9.55 Å². The summed E-state index contributed by atoms with van der Waals surface area (Å²) in [6, 6.07) is 8.17. The third-order valence-electron chi connectivity index (χ3n) is 4.83. The highest BCUT2D eigenvalue weighted by Crippen LogP contribution is 2.32. The molecule has 3 aromatic rings. The van der Waals surface area contributed by atoms with Crippen molar-refractivity contribution in [3.63, 3.8) is 0 Å².